The maximum atomic E-state index is 13.1. The van der Waals surface area contributed by atoms with E-state index in [0.29, 0.717) is 11.4 Å². The number of nitrogens with one attached hydrogen (secondary N) is 1. The number of pyridine rings is 1. The average Bonchev–Trinajstić information content (AvgIpc) is 3.32. The molecule has 1 saturated heterocycles. The molecule has 1 fully saturated rings. The first-order valence-corrected chi connectivity index (χ1v) is 8.24. The minimum absolute atomic E-state index is 0.0630. The summed E-state index contributed by atoms with van der Waals surface area (Å²) in [5, 5.41) is 7.02. The Kier molecular flexibility index (Phi) is 4.01. The van der Waals surface area contributed by atoms with E-state index in [0.717, 1.165) is 30.5 Å². The number of benzene rings is 1. The molecule has 4 rings (SSSR count). The van der Waals surface area contributed by atoms with Gasteiger partial charge < -0.3 is 4.90 Å². The molecule has 0 spiro atoms. The summed E-state index contributed by atoms with van der Waals surface area (Å²) in [5.41, 5.74) is 2.94. The van der Waals surface area contributed by atoms with E-state index < -0.39 is 0 Å². The van der Waals surface area contributed by atoms with Gasteiger partial charge in [-0.1, -0.05) is 0 Å². The first kappa shape index (κ1) is 15.5. The van der Waals surface area contributed by atoms with E-state index in [1.165, 1.54) is 12.1 Å². The number of aromatic nitrogens is 3. The van der Waals surface area contributed by atoms with Crippen LogP contribution in [0.3, 0.4) is 0 Å². The summed E-state index contributed by atoms with van der Waals surface area (Å²) in [6, 6.07) is 11.7. The molecular weight excluding hydrogens is 319 g/mol. The van der Waals surface area contributed by atoms with Gasteiger partial charge in [-0.25, -0.2) is 4.39 Å². The van der Waals surface area contributed by atoms with Crippen LogP contribution in [0.5, 0.6) is 0 Å². The van der Waals surface area contributed by atoms with Gasteiger partial charge in [0, 0.05) is 24.5 Å². The molecule has 1 aliphatic heterocycles. The van der Waals surface area contributed by atoms with Gasteiger partial charge in [0.25, 0.3) is 5.91 Å². The van der Waals surface area contributed by atoms with E-state index in [4.69, 9.17) is 0 Å². The smallest absolute Gasteiger partial charge is 0.272 e. The second kappa shape index (κ2) is 6.47. The first-order valence-electron chi connectivity index (χ1n) is 8.24. The first-order chi connectivity index (χ1) is 12.2. The fourth-order valence-electron chi connectivity index (χ4n) is 3.30. The van der Waals surface area contributed by atoms with Gasteiger partial charge in [-0.2, -0.15) is 5.10 Å². The van der Waals surface area contributed by atoms with Crippen LogP contribution in [0.25, 0.3) is 11.3 Å². The number of hydrogen-bond acceptors (Lipinski definition) is 3. The molecule has 0 aliphatic carbocycles. The van der Waals surface area contributed by atoms with E-state index in [2.05, 4.69) is 15.2 Å². The second-order valence-corrected chi connectivity index (χ2v) is 6.11. The molecule has 126 valence electrons. The third kappa shape index (κ3) is 3.03. The number of aromatic amines is 1. The lowest BCUT2D eigenvalue weighted by atomic mass is 10.1. The van der Waals surface area contributed by atoms with Crippen molar-refractivity contribution in [3.8, 4) is 11.3 Å². The lowest BCUT2D eigenvalue weighted by molar-refractivity contribution is 0.0729. The zero-order valence-electron chi connectivity index (χ0n) is 13.5. The van der Waals surface area contributed by atoms with Crippen LogP contribution >= 0.6 is 0 Å². The van der Waals surface area contributed by atoms with E-state index in [-0.39, 0.29) is 17.8 Å². The second-order valence-electron chi connectivity index (χ2n) is 6.11. The molecule has 1 aliphatic rings. The molecule has 5 nitrogen and oxygen atoms in total. The average molecular weight is 336 g/mol. The Balaban J connectivity index is 1.58. The Morgan fingerprint density at radius 2 is 1.92 bits per heavy atom. The summed E-state index contributed by atoms with van der Waals surface area (Å²) in [5.74, 6) is -0.368. The van der Waals surface area contributed by atoms with Gasteiger partial charge in [-0.3, -0.25) is 14.9 Å². The van der Waals surface area contributed by atoms with Crippen molar-refractivity contribution >= 4 is 5.91 Å². The van der Waals surface area contributed by atoms with Crippen molar-refractivity contribution in [2.45, 2.75) is 18.9 Å². The fourth-order valence-corrected chi connectivity index (χ4v) is 3.30. The van der Waals surface area contributed by atoms with Crippen molar-refractivity contribution in [2.75, 3.05) is 6.54 Å². The number of carbonyl (C=O) groups excluding carboxylic acids is 1. The molecule has 0 saturated carbocycles. The number of hydrogen-bond donors (Lipinski definition) is 1. The number of H-pyrrole nitrogens is 1. The fraction of sp³-hybridized carbons (Fsp3) is 0.211. The Bertz CT molecular complexity index is 876. The summed E-state index contributed by atoms with van der Waals surface area (Å²) in [6.45, 7) is 0.719. The number of likely N-dealkylation sites (tertiary alicyclic amines) is 1. The summed E-state index contributed by atoms with van der Waals surface area (Å²) in [6.07, 6.45) is 5.41. The van der Waals surface area contributed by atoms with Crippen LogP contribution in [0.2, 0.25) is 0 Å². The third-order valence-corrected chi connectivity index (χ3v) is 4.55. The maximum absolute atomic E-state index is 13.1. The molecular formula is C19H17FN4O. The normalized spacial score (nSPS) is 17.0. The molecule has 0 radical (unpaired) electrons. The Labute approximate surface area is 144 Å². The number of carbonyl (C=O) groups is 1. The summed E-state index contributed by atoms with van der Waals surface area (Å²) < 4.78 is 13.1. The predicted molar refractivity (Wildman–Crippen MR) is 91.2 cm³/mol. The van der Waals surface area contributed by atoms with Crippen LogP contribution in [0, 0.1) is 5.82 Å². The van der Waals surface area contributed by atoms with Gasteiger partial charge in [-0.15, -0.1) is 0 Å². The van der Waals surface area contributed by atoms with Crippen LogP contribution in [0.1, 0.15) is 34.9 Å². The third-order valence-electron chi connectivity index (χ3n) is 4.55. The Morgan fingerprint density at radius 3 is 2.68 bits per heavy atom. The molecule has 2 aromatic heterocycles. The summed E-state index contributed by atoms with van der Waals surface area (Å²) in [7, 11) is 0. The molecule has 1 atom stereocenters. The zero-order valence-corrected chi connectivity index (χ0v) is 13.5. The summed E-state index contributed by atoms with van der Waals surface area (Å²) in [4.78, 5) is 18.8. The number of halogens is 1. The zero-order chi connectivity index (χ0) is 17.2. The van der Waals surface area contributed by atoms with E-state index in [1.54, 1.807) is 30.6 Å². The highest BCUT2D eigenvalue weighted by molar-refractivity contribution is 5.93. The van der Waals surface area contributed by atoms with Crippen LogP contribution in [0.4, 0.5) is 4.39 Å². The van der Waals surface area contributed by atoms with Crippen molar-refractivity contribution in [2.24, 2.45) is 0 Å². The van der Waals surface area contributed by atoms with Crippen molar-refractivity contribution in [1.82, 2.24) is 20.1 Å². The molecule has 0 unspecified atom stereocenters. The lowest BCUT2D eigenvalue weighted by Crippen LogP contribution is -2.30. The van der Waals surface area contributed by atoms with Crippen molar-refractivity contribution in [1.29, 1.82) is 0 Å². The molecule has 3 heterocycles. The molecule has 25 heavy (non-hydrogen) atoms. The minimum atomic E-state index is -0.298. The molecule has 1 amide bonds. The maximum Gasteiger partial charge on any atom is 0.272 e. The molecule has 6 heteroatoms. The van der Waals surface area contributed by atoms with Gasteiger partial charge in [-0.05, 0) is 60.9 Å². The molecule has 3 aromatic rings. The highest BCUT2D eigenvalue weighted by Gasteiger charge is 2.31. The van der Waals surface area contributed by atoms with Crippen LogP contribution in [-0.2, 0) is 0 Å². The van der Waals surface area contributed by atoms with Gasteiger partial charge in [0.1, 0.15) is 11.5 Å². The molecule has 0 bridgehead atoms. The predicted octanol–water partition coefficient (Wildman–Crippen LogP) is 3.59. The van der Waals surface area contributed by atoms with E-state index in [9.17, 15) is 9.18 Å². The Morgan fingerprint density at radius 1 is 1.16 bits per heavy atom. The standard InChI is InChI=1S/C19H17FN4O/c20-15-5-3-13(4-6-15)16-12-17(23-22-16)19(25)24-11-1-2-18(24)14-7-9-21-10-8-14/h3-10,12,18H,1-2,11H2,(H,22,23)/t18-/m1/s1. The monoisotopic (exact) mass is 336 g/mol. The topological polar surface area (TPSA) is 61.9 Å². The van der Waals surface area contributed by atoms with Gasteiger partial charge in [0.2, 0.25) is 0 Å². The minimum Gasteiger partial charge on any atom is -0.330 e. The largest absolute Gasteiger partial charge is 0.330 e. The number of nitrogens with zero attached hydrogens (tertiary/aromatic N) is 3. The lowest BCUT2D eigenvalue weighted by Gasteiger charge is -2.24. The van der Waals surface area contributed by atoms with Crippen LogP contribution < -0.4 is 0 Å². The van der Waals surface area contributed by atoms with Crippen LogP contribution in [-0.4, -0.2) is 32.5 Å². The highest BCUT2D eigenvalue weighted by Crippen LogP contribution is 2.33. The van der Waals surface area contributed by atoms with Crippen molar-refractivity contribution in [3.63, 3.8) is 0 Å². The van der Waals surface area contributed by atoms with Crippen molar-refractivity contribution in [3.05, 3.63) is 71.9 Å². The van der Waals surface area contributed by atoms with Crippen LogP contribution in [0.15, 0.2) is 54.9 Å². The number of amides is 1. The van der Waals surface area contributed by atoms with Gasteiger partial charge >= 0.3 is 0 Å². The SMILES string of the molecule is O=C(c1cc(-c2ccc(F)cc2)n[nH]1)N1CCC[C@@H]1c1ccncc1. The summed E-state index contributed by atoms with van der Waals surface area (Å²) >= 11 is 0. The molecule has 1 N–H and O–H groups in total. The number of rotatable bonds is 3. The van der Waals surface area contributed by atoms with E-state index >= 15 is 0 Å². The quantitative estimate of drug-likeness (QED) is 0.795. The molecule has 1 aromatic carbocycles. The van der Waals surface area contributed by atoms with Crippen molar-refractivity contribution < 1.29 is 9.18 Å². The highest BCUT2D eigenvalue weighted by atomic mass is 19.1. The Hall–Kier alpha value is -3.02. The van der Waals surface area contributed by atoms with E-state index in [1.807, 2.05) is 17.0 Å². The van der Waals surface area contributed by atoms with Gasteiger partial charge in [0.05, 0.1) is 11.7 Å². The van der Waals surface area contributed by atoms with Gasteiger partial charge in [0.15, 0.2) is 0 Å².